The van der Waals surface area contributed by atoms with E-state index < -0.39 is 10.0 Å². The van der Waals surface area contributed by atoms with Crippen LogP contribution in [-0.2, 0) is 10.0 Å². The van der Waals surface area contributed by atoms with Crippen molar-refractivity contribution in [3.63, 3.8) is 0 Å². The van der Waals surface area contributed by atoms with Crippen LogP contribution in [0.15, 0.2) is 29.2 Å². The third-order valence-electron chi connectivity index (χ3n) is 1.48. The van der Waals surface area contributed by atoms with Gasteiger partial charge in [0, 0.05) is 29.6 Å². The Labute approximate surface area is 105 Å². The van der Waals surface area contributed by atoms with E-state index >= 15 is 0 Å². The number of rotatable bonds is 2. The van der Waals surface area contributed by atoms with E-state index in [0.29, 0.717) is 5.56 Å². The number of benzene rings is 1. The molecule has 0 aliphatic carbocycles. The van der Waals surface area contributed by atoms with Crippen LogP contribution in [-0.4, -0.2) is 38.0 Å². The summed E-state index contributed by atoms with van der Waals surface area (Å²) >= 11 is 5.06. The number of aryl methyl sites for hydroxylation is 1. The van der Waals surface area contributed by atoms with Crippen molar-refractivity contribution < 1.29 is 8.42 Å². The Morgan fingerprint density at radius 3 is 2.31 bits per heavy atom. The van der Waals surface area contributed by atoms with Gasteiger partial charge in [-0.3, -0.25) is 0 Å². The number of sulfonamides is 1. The predicted molar refractivity (Wildman–Crippen MR) is 53.1 cm³/mol. The van der Waals surface area contributed by atoms with Gasteiger partial charge in [0.25, 0.3) is 10.0 Å². The quantitative estimate of drug-likeness (QED) is 0.608. The molecule has 0 spiro atoms. The van der Waals surface area contributed by atoms with E-state index in [1.165, 1.54) is 6.07 Å². The third kappa shape index (κ3) is 3.23. The monoisotopic (exact) mass is 228 g/mol. The standard InChI is InChI=1S/C7H8ClNO2S.Na/c1-6-4-2-3-5-7(6)12(10,11)9-8;/h2-5,9H,1H3;. The topological polar surface area (TPSA) is 46.2 Å². The molecular weight excluding hydrogens is 221 g/mol. The maximum atomic E-state index is 11.2. The summed E-state index contributed by atoms with van der Waals surface area (Å²) in [5.41, 5.74) is 0.672. The predicted octanol–water partition coefficient (Wildman–Crippen LogP) is 1.05. The Morgan fingerprint density at radius 1 is 1.31 bits per heavy atom. The summed E-state index contributed by atoms with van der Waals surface area (Å²) in [7, 11) is -3.51. The molecule has 1 radical (unpaired) electrons. The smallest absolute Gasteiger partial charge is 0.206 e. The molecule has 0 atom stereocenters. The maximum Gasteiger partial charge on any atom is 0.254 e. The number of hydrogen-bond donors (Lipinski definition) is 1. The molecule has 0 saturated carbocycles. The van der Waals surface area contributed by atoms with E-state index in [4.69, 9.17) is 11.8 Å². The van der Waals surface area contributed by atoms with Crippen molar-refractivity contribution in [2.45, 2.75) is 11.8 Å². The van der Waals surface area contributed by atoms with Crippen molar-refractivity contribution in [2.75, 3.05) is 0 Å². The molecule has 0 aromatic heterocycles. The average molecular weight is 229 g/mol. The van der Waals surface area contributed by atoms with Crippen molar-refractivity contribution in [1.82, 2.24) is 4.24 Å². The fourth-order valence-corrected chi connectivity index (χ4v) is 1.98. The summed E-state index contributed by atoms with van der Waals surface area (Å²) in [6.07, 6.45) is 0. The van der Waals surface area contributed by atoms with Crippen molar-refractivity contribution in [3.8, 4) is 0 Å². The van der Waals surface area contributed by atoms with Crippen LogP contribution in [0.3, 0.4) is 0 Å². The zero-order valence-electron chi connectivity index (χ0n) is 7.41. The first-order valence-corrected chi connectivity index (χ1v) is 5.12. The second kappa shape index (κ2) is 5.34. The molecule has 13 heavy (non-hydrogen) atoms. The summed E-state index contributed by atoms with van der Waals surface area (Å²) in [4.78, 5) is 0.208. The minimum absolute atomic E-state index is 0. The van der Waals surface area contributed by atoms with Crippen molar-refractivity contribution >= 4 is 51.4 Å². The second-order valence-corrected chi connectivity index (χ2v) is 4.41. The zero-order chi connectivity index (χ0) is 9.19. The van der Waals surface area contributed by atoms with Gasteiger partial charge in [-0.2, -0.15) is 0 Å². The van der Waals surface area contributed by atoms with Crippen LogP contribution in [0.2, 0.25) is 0 Å². The number of halogens is 1. The Hall–Kier alpha value is 0.420. The first-order valence-electron chi connectivity index (χ1n) is 3.26. The third-order valence-corrected chi connectivity index (χ3v) is 3.33. The van der Waals surface area contributed by atoms with E-state index in [-0.39, 0.29) is 34.5 Å². The molecule has 6 heteroatoms. The van der Waals surface area contributed by atoms with Gasteiger partial charge in [0.15, 0.2) is 0 Å². The van der Waals surface area contributed by atoms with Crippen LogP contribution in [0.25, 0.3) is 0 Å². The van der Waals surface area contributed by atoms with E-state index in [1.54, 1.807) is 29.4 Å². The Balaban J connectivity index is 0.00000144. The van der Waals surface area contributed by atoms with Crippen molar-refractivity contribution in [1.29, 1.82) is 0 Å². The van der Waals surface area contributed by atoms with E-state index in [2.05, 4.69) is 0 Å². The summed E-state index contributed by atoms with van der Waals surface area (Å²) in [6.45, 7) is 1.71. The van der Waals surface area contributed by atoms with Gasteiger partial charge in [0.2, 0.25) is 0 Å². The first-order chi connectivity index (χ1) is 5.58. The van der Waals surface area contributed by atoms with Crippen LogP contribution < -0.4 is 4.24 Å². The van der Waals surface area contributed by atoms with Crippen molar-refractivity contribution in [3.05, 3.63) is 29.8 Å². The largest absolute Gasteiger partial charge is 0.254 e. The zero-order valence-corrected chi connectivity index (χ0v) is 11.0. The molecule has 1 aromatic carbocycles. The van der Waals surface area contributed by atoms with Crippen LogP contribution >= 0.6 is 11.8 Å². The average Bonchev–Trinajstić information content (AvgIpc) is 2.05. The molecule has 67 valence electrons. The minimum atomic E-state index is -3.51. The SMILES string of the molecule is Cc1ccccc1S(=O)(=O)NCl.[Na]. The van der Waals surface area contributed by atoms with E-state index in [9.17, 15) is 8.42 Å². The Kier molecular flexibility index (Phi) is 5.51. The van der Waals surface area contributed by atoms with Crippen molar-refractivity contribution in [2.24, 2.45) is 0 Å². The van der Waals surface area contributed by atoms with Gasteiger partial charge in [0.05, 0.1) is 4.90 Å². The molecule has 3 nitrogen and oxygen atoms in total. The fourth-order valence-electron chi connectivity index (χ4n) is 0.899. The molecule has 0 unspecified atom stereocenters. The molecule has 0 saturated heterocycles. The molecular formula is C7H8ClNNaO2S. The minimum Gasteiger partial charge on any atom is -0.206 e. The normalized spacial score (nSPS) is 10.6. The molecule has 0 aliphatic rings. The number of hydrogen-bond acceptors (Lipinski definition) is 2. The van der Waals surface area contributed by atoms with Gasteiger partial charge in [0.1, 0.15) is 0 Å². The van der Waals surface area contributed by atoms with Gasteiger partial charge in [-0.1, -0.05) is 18.2 Å². The van der Waals surface area contributed by atoms with Gasteiger partial charge in [-0.25, -0.2) is 8.42 Å². The molecule has 0 aliphatic heterocycles. The van der Waals surface area contributed by atoms with Gasteiger partial charge < -0.3 is 0 Å². The van der Waals surface area contributed by atoms with Crippen LogP contribution in [0.4, 0.5) is 0 Å². The van der Waals surface area contributed by atoms with Gasteiger partial charge in [-0.15, -0.1) is 4.24 Å². The molecule has 0 fully saturated rings. The van der Waals surface area contributed by atoms with Crippen LogP contribution in [0.5, 0.6) is 0 Å². The summed E-state index contributed by atoms with van der Waals surface area (Å²) in [5.74, 6) is 0. The molecule has 0 heterocycles. The molecule has 0 amide bonds. The second-order valence-electron chi connectivity index (χ2n) is 2.35. The maximum absolute atomic E-state index is 11.2. The van der Waals surface area contributed by atoms with E-state index in [1.807, 2.05) is 0 Å². The van der Waals surface area contributed by atoms with Gasteiger partial charge >= 0.3 is 0 Å². The molecule has 1 N–H and O–H groups in total. The summed E-state index contributed by atoms with van der Waals surface area (Å²) in [5, 5.41) is 0. The van der Waals surface area contributed by atoms with Crippen LogP contribution in [0.1, 0.15) is 5.56 Å². The van der Waals surface area contributed by atoms with E-state index in [0.717, 1.165) is 0 Å². The fraction of sp³-hybridized carbons (Fsp3) is 0.143. The molecule has 0 bridgehead atoms. The molecule has 1 aromatic rings. The van der Waals surface area contributed by atoms with Gasteiger partial charge in [-0.05, 0) is 30.3 Å². The number of nitrogens with one attached hydrogen (secondary N) is 1. The van der Waals surface area contributed by atoms with Crippen LogP contribution in [0, 0.1) is 6.92 Å². The summed E-state index contributed by atoms with van der Waals surface area (Å²) in [6, 6.07) is 6.62. The Morgan fingerprint density at radius 2 is 1.85 bits per heavy atom. The Bertz CT molecular complexity index is 380. The first kappa shape index (κ1) is 13.4. The molecule has 1 rings (SSSR count). The summed E-state index contributed by atoms with van der Waals surface area (Å²) < 4.78 is 24.1.